The van der Waals surface area contributed by atoms with Crippen molar-refractivity contribution in [2.24, 2.45) is 0 Å². The molecule has 0 bridgehead atoms. The Morgan fingerprint density at radius 2 is 1.67 bits per heavy atom. The van der Waals surface area contributed by atoms with Crippen LogP contribution in [0.4, 0.5) is 29.5 Å². The van der Waals surface area contributed by atoms with Crippen LogP contribution in [0.3, 0.4) is 0 Å². The van der Waals surface area contributed by atoms with Crippen molar-refractivity contribution >= 4 is 43.6 Å². The summed E-state index contributed by atoms with van der Waals surface area (Å²) in [5.74, 6) is 0.492. The summed E-state index contributed by atoms with van der Waals surface area (Å²) in [7, 11) is -0.993. The number of alkyl halides is 3. The van der Waals surface area contributed by atoms with E-state index >= 15 is 0 Å². The van der Waals surface area contributed by atoms with Gasteiger partial charge in [0.25, 0.3) is 0 Å². The summed E-state index contributed by atoms with van der Waals surface area (Å²) in [6.07, 6.45) is -4.92. The van der Waals surface area contributed by atoms with Crippen LogP contribution in [0.1, 0.15) is 31.9 Å². The number of aromatic nitrogens is 1. The molecule has 0 atom stereocenters. The molecule has 2 aromatic carbocycles. The van der Waals surface area contributed by atoms with Gasteiger partial charge in [-0.3, -0.25) is 0 Å². The van der Waals surface area contributed by atoms with Crippen LogP contribution < -0.4 is 9.64 Å². The molecule has 0 aliphatic heterocycles. The van der Waals surface area contributed by atoms with Crippen LogP contribution in [0.5, 0.6) is 5.75 Å². The van der Waals surface area contributed by atoms with Gasteiger partial charge in [0.2, 0.25) is 10.0 Å². The number of anilines is 2. The second-order valence-corrected chi connectivity index (χ2v) is 12.3. The monoisotopic (exact) mass is 629 g/mol. The van der Waals surface area contributed by atoms with E-state index < -0.39 is 33.5 Å². The van der Waals surface area contributed by atoms with Crippen LogP contribution in [-0.2, 0) is 27.5 Å². The molecule has 0 fully saturated rings. The summed E-state index contributed by atoms with van der Waals surface area (Å²) in [6, 6.07) is 12.7. The van der Waals surface area contributed by atoms with E-state index in [1.807, 2.05) is 0 Å². The molecule has 0 saturated heterocycles. The smallest absolute Gasteiger partial charge is 0.420 e. The Labute approximate surface area is 233 Å². The predicted octanol–water partition coefficient (Wildman–Crippen LogP) is 6.77. The molecule has 3 aromatic rings. The molecule has 1 amide bonds. The maximum atomic E-state index is 13.3. The topological polar surface area (TPSA) is 89.0 Å². The van der Waals surface area contributed by atoms with Crippen LogP contribution in [-0.4, -0.2) is 43.6 Å². The van der Waals surface area contributed by atoms with Gasteiger partial charge in [0, 0.05) is 24.3 Å². The number of halogens is 4. The summed E-state index contributed by atoms with van der Waals surface area (Å²) in [5.41, 5.74) is -1.06. The van der Waals surface area contributed by atoms with Crippen LogP contribution in [0.25, 0.3) is 0 Å². The van der Waals surface area contributed by atoms with E-state index in [1.165, 1.54) is 36.7 Å². The maximum Gasteiger partial charge on any atom is 0.420 e. The third-order valence-electron chi connectivity index (χ3n) is 5.31. The van der Waals surface area contributed by atoms with Gasteiger partial charge in [0.1, 0.15) is 17.2 Å². The van der Waals surface area contributed by atoms with Gasteiger partial charge in [-0.1, -0.05) is 12.1 Å². The number of nitrogens with zero attached hydrogens (tertiary/aromatic N) is 3. The highest BCUT2D eigenvalue weighted by molar-refractivity contribution is 9.10. The number of hydrogen-bond acceptors (Lipinski definition) is 6. The van der Waals surface area contributed by atoms with Crippen LogP contribution >= 0.6 is 15.9 Å². The highest BCUT2D eigenvalue weighted by Crippen LogP contribution is 2.36. The third kappa shape index (κ3) is 7.49. The number of amides is 1. The molecular formula is C26H27BrF3N3O5S. The molecule has 0 N–H and O–H groups in total. The summed E-state index contributed by atoms with van der Waals surface area (Å²) in [4.78, 5) is 17.8. The highest BCUT2D eigenvalue weighted by atomic mass is 79.9. The number of ether oxygens (including phenoxy) is 2. The van der Waals surface area contributed by atoms with Gasteiger partial charge in [-0.05, 0) is 84.7 Å². The number of sulfonamides is 1. The van der Waals surface area contributed by atoms with Crippen molar-refractivity contribution in [2.75, 3.05) is 19.1 Å². The maximum absolute atomic E-state index is 13.3. The summed E-state index contributed by atoms with van der Waals surface area (Å²) in [6.45, 7) is 4.98. The fourth-order valence-electron chi connectivity index (χ4n) is 3.39. The molecule has 8 nitrogen and oxygen atoms in total. The minimum atomic E-state index is -4.61. The number of rotatable bonds is 7. The first-order chi connectivity index (χ1) is 18.0. The normalized spacial score (nSPS) is 12.4. The Kier molecular flexibility index (Phi) is 8.98. The van der Waals surface area contributed by atoms with E-state index in [-0.39, 0.29) is 27.4 Å². The van der Waals surface area contributed by atoms with Gasteiger partial charge in [0.05, 0.1) is 23.3 Å². The second kappa shape index (κ2) is 11.5. The second-order valence-electron chi connectivity index (χ2n) is 9.44. The first kappa shape index (κ1) is 30.4. The van der Waals surface area contributed by atoms with Gasteiger partial charge < -0.3 is 9.47 Å². The number of benzene rings is 2. The zero-order chi connectivity index (χ0) is 29.2. The van der Waals surface area contributed by atoms with Crippen LogP contribution in [0.15, 0.2) is 70.2 Å². The summed E-state index contributed by atoms with van der Waals surface area (Å²) in [5, 5.41) is 0. The van der Waals surface area contributed by atoms with E-state index in [4.69, 9.17) is 9.47 Å². The molecule has 1 heterocycles. The van der Waals surface area contributed by atoms with Crippen molar-refractivity contribution in [1.82, 2.24) is 9.29 Å². The lowest BCUT2D eigenvalue weighted by Gasteiger charge is -2.28. The lowest BCUT2D eigenvalue weighted by atomic mass is 10.2. The van der Waals surface area contributed by atoms with Crippen molar-refractivity contribution in [3.8, 4) is 5.75 Å². The number of methoxy groups -OCH3 is 1. The molecule has 1 aromatic heterocycles. The van der Waals surface area contributed by atoms with Gasteiger partial charge in [-0.25, -0.2) is 23.1 Å². The minimum absolute atomic E-state index is 0.0707. The average molecular weight is 630 g/mol. The predicted molar refractivity (Wildman–Crippen MR) is 143 cm³/mol. The first-order valence-electron chi connectivity index (χ1n) is 11.5. The minimum Gasteiger partial charge on any atom is -0.497 e. The standard InChI is InChI=1S/C26H27BrF3N3O5S/c1-25(2,3)38-24(34)33(23-13-8-18(15-31-23)26(28,29)30)22-12-11-20(14-21(22)27)39(35,36)32(4)16-17-6-9-19(37-5)10-7-17/h6-15H,16H2,1-5H3. The van der Waals surface area contributed by atoms with E-state index in [1.54, 1.807) is 45.0 Å². The SMILES string of the molecule is COc1ccc(CN(C)S(=O)(=O)c2ccc(N(C(=O)OC(C)(C)C)c3ccc(C(F)(F)F)cn3)c(Br)c2)cc1. The third-order valence-corrected chi connectivity index (χ3v) is 7.75. The van der Waals surface area contributed by atoms with E-state index in [0.29, 0.717) is 11.9 Å². The summed E-state index contributed by atoms with van der Waals surface area (Å²) < 4.78 is 77.6. The van der Waals surface area contributed by atoms with Crippen molar-refractivity contribution in [2.45, 2.75) is 44.0 Å². The Hall–Kier alpha value is -3.16. The number of carbonyl (C=O) groups is 1. The average Bonchev–Trinajstić information content (AvgIpc) is 2.84. The van der Waals surface area contributed by atoms with Crippen LogP contribution in [0, 0.1) is 0 Å². The van der Waals surface area contributed by atoms with Crippen molar-refractivity contribution in [3.05, 3.63) is 76.4 Å². The fourth-order valence-corrected chi connectivity index (χ4v) is 5.28. The largest absolute Gasteiger partial charge is 0.497 e. The molecule has 0 saturated carbocycles. The van der Waals surface area contributed by atoms with Gasteiger partial charge in [0.15, 0.2) is 0 Å². The fraction of sp³-hybridized carbons (Fsp3) is 0.308. The quantitative estimate of drug-likeness (QED) is 0.287. The Bertz CT molecular complexity index is 1430. The first-order valence-corrected chi connectivity index (χ1v) is 13.7. The zero-order valence-electron chi connectivity index (χ0n) is 21.8. The molecule has 210 valence electrons. The van der Waals surface area contributed by atoms with Gasteiger partial charge >= 0.3 is 12.3 Å². The Balaban J connectivity index is 1.97. The number of carbonyl (C=O) groups excluding carboxylic acids is 1. The molecule has 0 spiro atoms. The molecule has 39 heavy (non-hydrogen) atoms. The Morgan fingerprint density at radius 3 is 2.15 bits per heavy atom. The van der Waals surface area contributed by atoms with Crippen molar-refractivity contribution in [3.63, 3.8) is 0 Å². The molecular weight excluding hydrogens is 603 g/mol. The molecule has 0 aliphatic rings. The number of pyridine rings is 1. The summed E-state index contributed by atoms with van der Waals surface area (Å²) >= 11 is 3.31. The highest BCUT2D eigenvalue weighted by Gasteiger charge is 2.33. The molecule has 0 unspecified atom stereocenters. The lowest BCUT2D eigenvalue weighted by molar-refractivity contribution is -0.137. The zero-order valence-corrected chi connectivity index (χ0v) is 24.2. The van der Waals surface area contributed by atoms with Crippen molar-refractivity contribution < 1.29 is 35.9 Å². The Morgan fingerprint density at radius 1 is 1.03 bits per heavy atom. The number of hydrogen-bond donors (Lipinski definition) is 0. The van der Waals surface area contributed by atoms with Crippen molar-refractivity contribution in [1.29, 1.82) is 0 Å². The van der Waals surface area contributed by atoms with Crippen LogP contribution in [0.2, 0.25) is 0 Å². The van der Waals surface area contributed by atoms with E-state index in [9.17, 15) is 26.4 Å². The molecule has 0 aliphatic carbocycles. The molecule has 0 radical (unpaired) electrons. The van der Waals surface area contributed by atoms with E-state index in [0.717, 1.165) is 22.6 Å². The molecule has 3 rings (SSSR count). The molecule has 13 heteroatoms. The lowest BCUT2D eigenvalue weighted by Crippen LogP contribution is -2.34. The van der Waals surface area contributed by atoms with Gasteiger partial charge in [-0.15, -0.1) is 0 Å². The van der Waals surface area contributed by atoms with E-state index in [2.05, 4.69) is 20.9 Å². The van der Waals surface area contributed by atoms with Gasteiger partial charge in [-0.2, -0.15) is 17.5 Å².